The van der Waals surface area contributed by atoms with Gasteiger partial charge in [-0.1, -0.05) is 34.4 Å². The molecule has 0 saturated heterocycles. The van der Waals surface area contributed by atoms with E-state index in [1.807, 2.05) is 6.07 Å². The third-order valence-corrected chi connectivity index (χ3v) is 3.99. The van der Waals surface area contributed by atoms with Gasteiger partial charge >= 0.3 is 0 Å². The molecule has 0 bridgehead atoms. The van der Waals surface area contributed by atoms with E-state index in [0.717, 1.165) is 11.1 Å². The summed E-state index contributed by atoms with van der Waals surface area (Å²) in [5.41, 5.74) is 5.82. The smallest absolute Gasteiger partial charge is 0.231 e. The van der Waals surface area contributed by atoms with E-state index in [4.69, 9.17) is 32.6 Å². The van der Waals surface area contributed by atoms with Crippen molar-refractivity contribution in [3.63, 3.8) is 0 Å². The van der Waals surface area contributed by atoms with E-state index < -0.39 is 0 Å². The Bertz CT molecular complexity index is 786. The van der Waals surface area contributed by atoms with Crippen LogP contribution in [-0.2, 0) is 9.63 Å². The lowest BCUT2D eigenvalue weighted by atomic mass is 10.1. The molecule has 3 rings (SSSR count). The van der Waals surface area contributed by atoms with Crippen LogP contribution >= 0.6 is 23.2 Å². The number of halogens is 2. The first kappa shape index (κ1) is 15.9. The van der Waals surface area contributed by atoms with Gasteiger partial charge < -0.3 is 4.52 Å². The minimum Gasteiger partial charge on any atom is -0.338 e. The highest BCUT2D eigenvalue weighted by Crippen LogP contribution is 2.29. The molecule has 2 heterocycles. The number of nitrogens with one attached hydrogen (secondary N) is 2. The van der Waals surface area contributed by atoms with Crippen molar-refractivity contribution in [2.45, 2.75) is 13.3 Å². The van der Waals surface area contributed by atoms with Crippen molar-refractivity contribution >= 4 is 40.7 Å². The van der Waals surface area contributed by atoms with Gasteiger partial charge in [-0.05, 0) is 24.6 Å². The first-order chi connectivity index (χ1) is 11.0. The molecule has 1 aromatic heterocycles. The molecule has 1 amide bonds. The van der Waals surface area contributed by atoms with Gasteiger partial charge in [0.1, 0.15) is 0 Å². The molecule has 1 aromatic carbocycles. The van der Waals surface area contributed by atoms with Crippen LogP contribution < -0.4 is 10.8 Å². The lowest BCUT2D eigenvalue weighted by Gasteiger charge is -2.07. The standard InChI is InChI=1S/C15H13Cl2N3O3/c1-8-4-14(23-19-8)18-13(21)6-10-7-22-20-15(10)9-2-3-11(16)12(17)5-9/h2-5,20H,6-7H2,1H3,(H,18,21). The fraction of sp³-hybridized carbons (Fsp3) is 0.200. The van der Waals surface area contributed by atoms with E-state index in [1.165, 1.54) is 0 Å². The number of nitrogens with zero attached hydrogens (tertiary/aromatic N) is 1. The van der Waals surface area contributed by atoms with E-state index in [-0.39, 0.29) is 12.3 Å². The van der Waals surface area contributed by atoms with Crippen LogP contribution in [0.1, 0.15) is 17.7 Å². The molecule has 0 aliphatic carbocycles. The molecule has 8 heteroatoms. The molecule has 0 spiro atoms. The van der Waals surface area contributed by atoms with Crippen LogP contribution in [0.15, 0.2) is 34.4 Å². The Balaban J connectivity index is 1.76. The fourth-order valence-corrected chi connectivity index (χ4v) is 2.49. The van der Waals surface area contributed by atoms with Crippen molar-refractivity contribution in [3.8, 4) is 0 Å². The number of hydrogen-bond donors (Lipinski definition) is 2. The first-order valence-electron chi connectivity index (χ1n) is 6.81. The number of amides is 1. The predicted octanol–water partition coefficient (Wildman–Crippen LogP) is 3.56. The Labute approximate surface area is 142 Å². The third kappa shape index (κ3) is 3.67. The molecule has 0 atom stereocenters. The molecule has 0 fully saturated rings. The van der Waals surface area contributed by atoms with Crippen molar-refractivity contribution in [1.82, 2.24) is 10.6 Å². The van der Waals surface area contributed by atoms with Gasteiger partial charge in [0, 0.05) is 11.6 Å². The summed E-state index contributed by atoms with van der Waals surface area (Å²) in [7, 11) is 0. The Kier molecular flexibility index (Phi) is 4.56. The second kappa shape index (κ2) is 6.62. The second-order valence-corrected chi connectivity index (χ2v) is 5.87. The number of hydroxylamine groups is 1. The lowest BCUT2D eigenvalue weighted by Crippen LogP contribution is -2.12. The van der Waals surface area contributed by atoms with Crippen LogP contribution in [0.3, 0.4) is 0 Å². The number of rotatable bonds is 4. The first-order valence-corrected chi connectivity index (χ1v) is 7.57. The van der Waals surface area contributed by atoms with Gasteiger partial charge in [-0.15, -0.1) is 0 Å². The van der Waals surface area contributed by atoms with E-state index in [1.54, 1.807) is 25.1 Å². The van der Waals surface area contributed by atoms with Gasteiger partial charge in [0.25, 0.3) is 0 Å². The normalized spacial score (nSPS) is 14.0. The molecular weight excluding hydrogens is 341 g/mol. The topological polar surface area (TPSA) is 76.4 Å². The Morgan fingerprint density at radius 1 is 1.35 bits per heavy atom. The molecule has 1 aliphatic heterocycles. The summed E-state index contributed by atoms with van der Waals surface area (Å²) < 4.78 is 4.96. The largest absolute Gasteiger partial charge is 0.338 e. The number of aromatic nitrogens is 1. The molecule has 120 valence electrons. The number of carbonyl (C=O) groups excluding carboxylic acids is 1. The van der Waals surface area contributed by atoms with E-state index in [9.17, 15) is 4.79 Å². The zero-order valence-corrected chi connectivity index (χ0v) is 13.7. The molecular formula is C15H13Cl2N3O3. The molecule has 23 heavy (non-hydrogen) atoms. The van der Waals surface area contributed by atoms with Gasteiger partial charge in [-0.3, -0.25) is 20.4 Å². The van der Waals surface area contributed by atoms with Crippen LogP contribution in [0.2, 0.25) is 10.0 Å². The van der Waals surface area contributed by atoms with Gasteiger partial charge in [0.05, 0.1) is 34.5 Å². The van der Waals surface area contributed by atoms with Crippen LogP contribution in [0, 0.1) is 6.92 Å². The van der Waals surface area contributed by atoms with Gasteiger partial charge in [0.15, 0.2) is 0 Å². The molecule has 2 N–H and O–H groups in total. The predicted molar refractivity (Wildman–Crippen MR) is 87.0 cm³/mol. The summed E-state index contributed by atoms with van der Waals surface area (Å²) in [6.07, 6.45) is 0.155. The fourth-order valence-electron chi connectivity index (χ4n) is 2.19. The van der Waals surface area contributed by atoms with Gasteiger partial charge in [-0.25, -0.2) is 0 Å². The Morgan fingerprint density at radius 2 is 2.17 bits per heavy atom. The van der Waals surface area contributed by atoms with Crippen LogP contribution in [0.25, 0.3) is 5.70 Å². The van der Waals surface area contributed by atoms with Crippen molar-refractivity contribution in [2.75, 3.05) is 11.9 Å². The Morgan fingerprint density at radius 3 is 2.87 bits per heavy atom. The Hall–Kier alpha value is -2.02. The average Bonchev–Trinajstić information content (AvgIpc) is 3.11. The molecule has 6 nitrogen and oxygen atoms in total. The van der Waals surface area contributed by atoms with Crippen LogP contribution in [0.5, 0.6) is 0 Å². The van der Waals surface area contributed by atoms with E-state index in [0.29, 0.717) is 33.9 Å². The number of carbonyl (C=O) groups is 1. The second-order valence-electron chi connectivity index (χ2n) is 5.06. The third-order valence-electron chi connectivity index (χ3n) is 3.25. The highest BCUT2D eigenvalue weighted by atomic mass is 35.5. The van der Waals surface area contributed by atoms with Gasteiger partial charge in [0.2, 0.25) is 11.8 Å². The molecule has 0 radical (unpaired) electrons. The lowest BCUT2D eigenvalue weighted by molar-refractivity contribution is -0.115. The summed E-state index contributed by atoms with van der Waals surface area (Å²) >= 11 is 12.0. The minimum absolute atomic E-state index is 0.155. The van der Waals surface area contributed by atoms with Crippen molar-refractivity contribution in [2.24, 2.45) is 0 Å². The molecule has 0 saturated carbocycles. The number of aryl methyl sites for hydroxylation is 1. The highest BCUT2D eigenvalue weighted by molar-refractivity contribution is 6.42. The van der Waals surface area contributed by atoms with E-state index in [2.05, 4.69) is 16.0 Å². The number of hydrogen-bond acceptors (Lipinski definition) is 5. The van der Waals surface area contributed by atoms with E-state index >= 15 is 0 Å². The summed E-state index contributed by atoms with van der Waals surface area (Å²) in [6.45, 7) is 2.08. The SMILES string of the molecule is Cc1cc(NC(=O)CC2=C(c3ccc(Cl)c(Cl)c3)NOC2)on1. The van der Waals surface area contributed by atoms with Crippen LogP contribution in [0.4, 0.5) is 5.88 Å². The maximum absolute atomic E-state index is 12.1. The zero-order chi connectivity index (χ0) is 16.4. The van der Waals surface area contributed by atoms with Gasteiger partial charge in [-0.2, -0.15) is 0 Å². The maximum Gasteiger partial charge on any atom is 0.231 e. The average molecular weight is 354 g/mol. The highest BCUT2D eigenvalue weighted by Gasteiger charge is 2.20. The van der Waals surface area contributed by atoms with Crippen molar-refractivity contribution < 1.29 is 14.2 Å². The summed E-state index contributed by atoms with van der Waals surface area (Å²) in [4.78, 5) is 17.3. The van der Waals surface area contributed by atoms with Crippen LogP contribution in [-0.4, -0.2) is 17.7 Å². The molecule has 1 aliphatic rings. The summed E-state index contributed by atoms with van der Waals surface area (Å²) in [5, 5.41) is 7.27. The summed E-state index contributed by atoms with van der Waals surface area (Å²) in [5.74, 6) is 0.0945. The minimum atomic E-state index is -0.221. The number of benzene rings is 1. The number of anilines is 1. The molecule has 2 aromatic rings. The molecule has 0 unspecified atom stereocenters. The van der Waals surface area contributed by atoms with Crippen molar-refractivity contribution in [1.29, 1.82) is 0 Å². The maximum atomic E-state index is 12.1. The van der Waals surface area contributed by atoms with Crippen molar-refractivity contribution in [3.05, 3.63) is 51.1 Å². The monoisotopic (exact) mass is 353 g/mol. The summed E-state index contributed by atoms with van der Waals surface area (Å²) in [6, 6.07) is 6.87. The quantitative estimate of drug-likeness (QED) is 0.878. The zero-order valence-electron chi connectivity index (χ0n) is 12.2.